The number of rotatable bonds is 8. The first-order chi connectivity index (χ1) is 13.6. The maximum Gasteiger partial charge on any atom is 0.311 e. The monoisotopic (exact) mass is 397 g/mol. The number of nitro benzene ring substituents is 1. The summed E-state index contributed by atoms with van der Waals surface area (Å²) in [4.78, 5) is 10.8. The highest BCUT2D eigenvalue weighted by Crippen LogP contribution is 2.27. The van der Waals surface area contributed by atoms with Crippen LogP contribution in [0.5, 0.6) is 5.75 Å². The molecule has 0 aliphatic carbocycles. The van der Waals surface area contributed by atoms with E-state index in [-0.39, 0.29) is 11.4 Å². The van der Waals surface area contributed by atoms with Gasteiger partial charge in [0.1, 0.15) is 0 Å². The third-order valence-electron chi connectivity index (χ3n) is 3.87. The van der Waals surface area contributed by atoms with Gasteiger partial charge in [0.15, 0.2) is 11.6 Å². The highest BCUT2D eigenvalue weighted by Gasteiger charge is 2.16. The van der Waals surface area contributed by atoms with Gasteiger partial charge in [-0.25, -0.2) is 0 Å². The lowest BCUT2D eigenvalue weighted by Gasteiger charge is -2.05. The van der Waals surface area contributed by atoms with Crippen molar-refractivity contribution < 1.29 is 9.66 Å². The normalized spacial score (nSPS) is 11.1. The summed E-state index contributed by atoms with van der Waals surface area (Å²) in [6.45, 7) is 2.14. The number of benzene rings is 2. The van der Waals surface area contributed by atoms with Crippen LogP contribution in [0.25, 0.3) is 0 Å². The van der Waals surface area contributed by atoms with Gasteiger partial charge in [-0.3, -0.25) is 10.1 Å². The van der Waals surface area contributed by atoms with E-state index in [0.717, 1.165) is 5.56 Å². The topological polar surface area (TPSA) is 95.4 Å². The van der Waals surface area contributed by atoms with Crippen molar-refractivity contribution in [3.05, 3.63) is 75.6 Å². The van der Waals surface area contributed by atoms with Gasteiger partial charge >= 0.3 is 5.69 Å². The summed E-state index contributed by atoms with van der Waals surface area (Å²) in [5, 5.41) is 24.8. The second-order valence-corrected chi connectivity index (χ2v) is 6.51. The maximum atomic E-state index is 11.3. The number of aromatic nitrogens is 3. The van der Waals surface area contributed by atoms with Crippen LogP contribution in [0, 0.1) is 10.1 Å². The van der Waals surface area contributed by atoms with Crippen molar-refractivity contribution in [2.24, 2.45) is 5.10 Å². The third kappa shape index (κ3) is 4.55. The molecule has 0 fully saturated rings. The van der Waals surface area contributed by atoms with Crippen LogP contribution >= 0.6 is 11.8 Å². The summed E-state index contributed by atoms with van der Waals surface area (Å²) in [6, 6.07) is 14.7. The third-order valence-corrected chi connectivity index (χ3v) is 4.49. The van der Waals surface area contributed by atoms with E-state index in [2.05, 4.69) is 15.3 Å². The zero-order chi connectivity index (χ0) is 19.9. The molecule has 0 atom stereocenters. The fourth-order valence-corrected chi connectivity index (χ4v) is 3.03. The summed E-state index contributed by atoms with van der Waals surface area (Å²) < 4.78 is 6.96. The van der Waals surface area contributed by atoms with Crippen molar-refractivity contribution in [3.8, 4) is 5.75 Å². The van der Waals surface area contributed by atoms with Gasteiger partial charge in [-0.1, -0.05) is 42.1 Å². The van der Waals surface area contributed by atoms with E-state index in [4.69, 9.17) is 4.74 Å². The number of hydrogen-bond donors (Lipinski definition) is 0. The van der Waals surface area contributed by atoms with Crippen LogP contribution in [-0.4, -0.2) is 38.9 Å². The Hall–Kier alpha value is -3.20. The van der Waals surface area contributed by atoms with Gasteiger partial charge in [-0.05, 0) is 30.9 Å². The van der Waals surface area contributed by atoms with Crippen molar-refractivity contribution in [1.29, 1.82) is 0 Å². The molecule has 1 aromatic heterocycles. The highest BCUT2D eigenvalue weighted by molar-refractivity contribution is 7.98. The molecule has 2 aromatic carbocycles. The van der Waals surface area contributed by atoms with Crippen LogP contribution < -0.4 is 4.74 Å². The average molecular weight is 397 g/mol. The maximum absolute atomic E-state index is 11.3. The quantitative estimate of drug-likeness (QED) is 0.248. The molecule has 0 N–H and O–H groups in total. The predicted octanol–water partition coefficient (Wildman–Crippen LogP) is 3.78. The van der Waals surface area contributed by atoms with Crippen molar-refractivity contribution in [2.45, 2.75) is 18.5 Å². The van der Waals surface area contributed by atoms with Crippen LogP contribution in [0.15, 0.2) is 58.8 Å². The number of thioether (sulfide) groups is 1. The molecule has 3 rings (SSSR count). The number of ether oxygens (including phenoxy) is 1. The fraction of sp³-hybridized carbons (Fsp3) is 0.211. The van der Waals surface area contributed by atoms with Crippen LogP contribution in [0.3, 0.4) is 0 Å². The Morgan fingerprint density at radius 3 is 2.71 bits per heavy atom. The molecule has 9 heteroatoms. The van der Waals surface area contributed by atoms with E-state index < -0.39 is 4.92 Å². The second kappa shape index (κ2) is 9.14. The van der Waals surface area contributed by atoms with Crippen LogP contribution in [0.2, 0.25) is 0 Å². The van der Waals surface area contributed by atoms with Crippen molar-refractivity contribution in [2.75, 3.05) is 12.9 Å². The first-order valence-corrected chi connectivity index (χ1v) is 9.82. The lowest BCUT2D eigenvalue weighted by molar-refractivity contribution is -0.385. The Morgan fingerprint density at radius 1 is 1.25 bits per heavy atom. The van der Waals surface area contributed by atoms with Gasteiger partial charge < -0.3 is 4.74 Å². The minimum atomic E-state index is -0.463. The van der Waals surface area contributed by atoms with Gasteiger partial charge in [-0.2, -0.15) is 9.78 Å². The highest BCUT2D eigenvalue weighted by atomic mass is 32.2. The minimum absolute atomic E-state index is 0.0934. The fourth-order valence-electron chi connectivity index (χ4n) is 2.59. The molecule has 8 nitrogen and oxygen atoms in total. The van der Waals surface area contributed by atoms with Gasteiger partial charge in [0.2, 0.25) is 5.16 Å². The molecule has 1 heterocycles. The summed E-state index contributed by atoms with van der Waals surface area (Å²) in [6.07, 6.45) is 4.03. The standard InChI is InChI=1S/C19H19N5O3S/c1-3-27-17-10-9-15(11-16(17)24(25)26)13-20-23-18(21-22-19(23)28-2)12-14-7-5-4-6-8-14/h4-11,13H,3,12H2,1-2H3/b20-13-. The van der Waals surface area contributed by atoms with Crippen LogP contribution in [0.1, 0.15) is 23.9 Å². The van der Waals surface area contributed by atoms with Crippen LogP contribution in [-0.2, 0) is 6.42 Å². The van der Waals surface area contributed by atoms with E-state index in [9.17, 15) is 10.1 Å². The number of nitrogens with zero attached hydrogens (tertiary/aromatic N) is 5. The van der Waals surface area contributed by atoms with Gasteiger partial charge in [0.05, 0.1) is 17.7 Å². The Balaban J connectivity index is 1.90. The predicted molar refractivity (Wildman–Crippen MR) is 108 cm³/mol. The Bertz CT molecular complexity index is 988. The zero-order valence-electron chi connectivity index (χ0n) is 15.5. The second-order valence-electron chi connectivity index (χ2n) is 5.74. The SMILES string of the molecule is CCOc1ccc(/C=N\n2c(Cc3ccccc3)nnc2SC)cc1[N+](=O)[O-]. The molecule has 0 spiro atoms. The van der Waals surface area contributed by atoms with Crippen molar-refractivity contribution in [1.82, 2.24) is 14.9 Å². The summed E-state index contributed by atoms with van der Waals surface area (Å²) in [5.41, 5.74) is 1.58. The number of hydrogen-bond acceptors (Lipinski definition) is 7. The molecule has 0 unspecified atom stereocenters. The summed E-state index contributed by atoms with van der Waals surface area (Å²) in [5.74, 6) is 0.927. The van der Waals surface area contributed by atoms with Crippen molar-refractivity contribution in [3.63, 3.8) is 0 Å². The van der Waals surface area contributed by atoms with Gasteiger partial charge in [0, 0.05) is 18.1 Å². The molecule has 0 radical (unpaired) electrons. The Morgan fingerprint density at radius 2 is 2.04 bits per heavy atom. The molecular formula is C19H19N5O3S. The molecule has 0 bridgehead atoms. The number of nitro groups is 1. The molecule has 0 aliphatic heterocycles. The van der Waals surface area contributed by atoms with E-state index in [1.54, 1.807) is 29.9 Å². The molecule has 0 aliphatic rings. The molecule has 0 saturated heterocycles. The lowest BCUT2D eigenvalue weighted by atomic mass is 10.1. The minimum Gasteiger partial charge on any atom is -0.487 e. The summed E-state index contributed by atoms with van der Waals surface area (Å²) >= 11 is 1.43. The Kier molecular flexibility index (Phi) is 6.38. The van der Waals surface area contributed by atoms with Gasteiger partial charge in [-0.15, -0.1) is 10.2 Å². The van der Waals surface area contributed by atoms with E-state index >= 15 is 0 Å². The van der Waals surface area contributed by atoms with Gasteiger partial charge in [0.25, 0.3) is 0 Å². The molecule has 28 heavy (non-hydrogen) atoms. The average Bonchev–Trinajstić information content (AvgIpc) is 3.09. The van der Waals surface area contributed by atoms with Crippen LogP contribution in [0.4, 0.5) is 5.69 Å². The Labute approximate surface area is 166 Å². The first-order valence-electron chi connectivity index (χ1n) is 8.60. The molecular weight excluding hydrogens is 378 g/mol. The van der Waals surface area contributed by atoms with Crippen molar-refractivity contribution >= 4 is 23.7 Å². The first kappa shape index (κ1) is 19.6. The largest absolute Gasteiger partial charge is 0.487 e. The smallest absolute Gasteiger partial charge is 0.311 e. The molecule has 3 aromatic rings. The molecule has 0 amide bonds. The van der Waals surface area contributed by atoms with E-state index in [1.807, 2.05) is 36.6 Å². The van der Waals surface area contributed by atoms with E-state index in [1.165, 1.54) is 17.8 Å². The molecule has 144 valence electrons. The molecule has 0 saturated carbocycles. The van der Waals surface area contributed by atoms with E-state index in [0.29, 0.717) is 29.6 Å². The lowest BCUT2D eigenvalue weighted by Crippen LogP contribution is -2.02. The zero-order valence-corrected chi connectivity index (χ0v) is 16.3. The summed E-state index contributed by atoms with van der Waals surface area (Å²) in [7, 11) is 0.